The summed E-state index contributed by atoms with van der Waals surface area (Å²) in [6, 6.07) is 7.03. The van der Waals surface area contributed by atoms with Gasteiger partial charge in [0.2, 0.25) is 0 Å². The largest absolute Gasteiger partial charge is 0.456 e. The van der Waals surface area contributed by atoms with Crippen LogP contribution in [0.4, 0.5) is 0 Å². The van der Waals surface area contributed by atoms with E-state index in [0.29, 0.717) is 5.56 Å². The van der Waals surface area contributed by atoms with E-state index in [1.54, 1.807) is 12.1 Å². The van der Waals surface area contributed by atoms with E-state index in [-0.39, 0.29) is 5.41 Å². The first-order valence-electron chi connectivity index (χ1n) is 6.28. The summed E-state index contributed by atoms with van der Waals surface area (Å²) in [5, 5.41) is 2.15. The number of hydrogen-bond donors (Lipinski definition) is 1. The molecule has 108 valence electrons. The molecule has 0 aliphatic rings. The monoisotopic (exact) mass is 277 g/mol. The van der Waals surface area contributed by atoms with Crippen molar-refractivity contribution >= 4 is 17.8 Å². The van der Waals surface area contributed by atoms with E-state index in [4.69, 9.17) is 0 Å². The second kappa shape index (κ2) is 6.32. The lowest BCUT2D eigenvalue weighted by Gasteiger charge is -2.18. The Bertz CT molecular complexity index is 512. The van der Waals surface area contributed by atoms with Gasteiger partial charge in [-0.1, -0.05) is 32.9 Å². The van der Waals surface area contributed by atoms with Crippen LogP contribution in [-0.2, 0) is 19.7 Å². The van der Waals surface area contributed by atoms with Gasteiger partial charge in [0, 0.05) is 12.5 Å². The van der Waals surface area contributed by atoms with E-state index < -0.39 is 24.4 Å². The second-order valence-electron chi connectivity index (χ2n) is 5.48. The van der Waals surface area contributed by atoms with Gasteiger partial charge in [-0.15, -0.1) is 0 Å². The SMILES string of the molecule is CC(=O)OCC(=O)NC(=O)c1ccc(C(C)(C)C)cc1. The Balaban J connectivity index is 2.64. The molecule has 0 radical (unpaired) electrons. The minimum atomic E-state index is -0.648. The second-order valence-corrected chi connectivity index (χ2v) is 5.48. The van der Waals surface area contributed by atoms with Crippen LogP contribution in [0.5, 0.6) is 0 Å². The summed E-state index contributed by atoms with van der Waals surface area (Å²) in [6.45, 7) is 6.96. The van der Waals surface area contributed by atoms with Gasteiger partial charge in [-0.25, -0.2) is 0 Å². The van der Waals surface area contributed by atoms with Crippen LogP contribution in [0.15, 0.2) is 24.3 Å². The number of carbonyl (C=O) groups excluding carboxylic acids is 3. The lowest BCUT2D eigenvalue weighted by molar-refractivity contribution is -0.146. The molecule has 2 amide bonds. The van der Waals surface area contributed by atoms with Crippen LogP contribution in [0, 0.1) is 0 Å². The zero-order valence-corrected chi connectivity index (χ0v) is 12.1. The Hall–Kier alpha value is -2.17. The molecule has 1 N–H and O–H groups in total. The minimum Gasteiger partial charge on any atom is -0.456 e. The van der Waals surface area contributed by atoms with Crippen molar-refractivity contribution in [1.82, 2.24) is 5.32 Å². The summed E-state index contributed by atoms with van der Waals surface area (Å²) in [4.78, 5) is 33.7. The van der Waals surface area contributed by atoms with E-state index in [9.17, 15) is 14.4 Å². The van der Waals surface area contributed by atoms with Crippen molar-refractivity contribution in [3.8, 4) is 0 Å². The van der Waals surface area contributed by atoms with Gasteiger partial charge in [0.1, 0.15) is 0 Å². The predicted octanol–water partition coefficient (Wildman–Crippen LogP) is 1.80. The van der Waals surface area contributed by atoms with Crippen LogP contribution >= 0.6 is 0 Å². The number of ether oxygens (including phenoxy) is 1. The molecule has 0 unspecified atom stereocenters. The van der Waals surface area contributed by atoms with Crippen molar-refractivity contribution in [3.05, 3.63) is 35.4 Å². The van der Waals surface area contributed by atoms with Crippen LogP contribution in [0.1, 0.15) is 43.6 Å². The molecule has 0 bridgehead atoms. The van der Waals surface area contributed by atoms with Gasteiger partial charge >= 0.3 is 5.97 Å². The molecule has 0 saturated heterocycles. The van der Waals surface area contributed by atoms with Crippen molar-refractivity contribution < 1.29 is 19.1 Å². The van der Waals surface area contributed by atoms with Crippen molar-refractivity contribution in [3.63, 3.8) is 0 Å². The number of imide groups is 1. The Morgan fingerprint density at radius 3 is 2.10 bits per heavy atom. The molecule has 0 heterocycles. The lowest BCUT2D eigenvalue weighted by atomic mass is 9.87. The molecular formula is C15H19NO4. The zero-order chi connectivity index (χ0) is 15.3. The van der Waals surface area contributed by atoms with Crippen molar-refractivity contribution in [2.45, 2.75) is 33.1 Å². The van der Waals surface area contributed by atoms with E-state index in [0.717, 1.165) is 5.56 Å². The molecular weight excluding hydrogens is 258 g/mol. The van der Waals surface area contributed by atoms with Gasteiger partial charge in [0.15, 0.2) is 6.61 Å². The minimum absolute atomic E-state index is 0.000152. The molecule has 1 aromatic carbocycles. The quantitative estimate of drug-likeness (QED) is 0.855. The van der Waals surface area contributed by atoms with Crippen LogP contribution in [-0.4, -0.2) is 24.4 Å². The van der Waals surface area contributed by atoms with Gasteiger partial charge in [-0.2, -0.15) is 0 Å². The summed E-state index contributed by atoms with van der Waals surface area (Å²) < 4.78 is 4.50. The Kier molecular flexibility index (Phi) is 5.02. The van der Waals surface area contributed by atoms with E-state index in [1.807, 2.05) is 12.1 Å². The number of esters is 1. The van der Waals surface area contributed by atoms with Gasteiger partial charge in [-0.3, -0.25) is 19.7 Å². The van der Waals surface area contributed by atoms with Crippen LogP contribution in [0.3, 0.4) is 0 Å². The fourth-order valence-corrected chi connectivity index (χ4v) is 1.52. The molecule has 20 heavy (non-hydrogen) atoms. The molecule has 0 saturated carbocycles. The number of hydrogen-bond acceptors (Lipinski definition) is 4. The highest BCUT2D eigenvalue weighted by Crippen LogP contribution is 2.22. The number of nitrogens with one attached hydrogen (secondary N) is 1. The fourth-order valence-electron chi connectivity index (χ4n) is 1.52. The number of carbonyl (C=O) groups is 3. The average molecular weight is 277 g/mol. The normalized spacial score (nSPS) is 10.8. The molecule has 0 aromatic heterocycles. The predicted molar refractivity (Wildman–Crippen MR) is 74.2 cm³/mol. The highest BCUT2D eigenvalue weighted by molar-refractivity contribution is 6.05. The Labute approximate surface area is 118 Å². The summed E-state index contributed by atoms with van der Waals surface area (Å²) in [5.74, 6) is -1.73. The lowest BCUT2D eigenvalue weighted by Crippen LogP contribution is -2.34. The van der Waals surface area contributed by atoms with Crippen LogP contribution in [0.25, 0.3) is 0 Å². The molecule has 0 aliphatic carbocycles. The number of benzene rings is 1. The van der Waals surface area contributed by atoms with Gasteiger partial charge in [-0.05, 0) is 23.1 Å². The fraction of sp³-hybridized carbons (Fsp3) is 0.400. The third-order valence-electron chi connectivity index (χ3n) is 2.67. The van der Waals surface area contributed by atoms with Crippen molar-refractivity contribution in [1.29, 1.82) is 0 Å². The molecule has 0 spiro atoms. The maximum atomic E-state index is 11.8. The first-order valence-corrected chi connectivity index (χ1v) is 6.28. The summed E-state index contributed by atoms with van der Waals surface area (Å²) >= 11 is 0. The average Bonchev–Trinajstić information content (AvgIpc) is 2.35. The number of amides is 2. The molecule has 0 atom stereocenters. The van der Waals surface area contributed by atoms with Gasteiger partial charge in [0.25, 0.3) is 11.8 Å². The zero-order valence-electron chi connectivity index (χ0n) is 12.1. The molecule has 0 aliphatic heterocycles. The Morgan fingerprint density at radius 2 is 1.65 bits per heavy atom. The van der Waals surface area contributed by atoms with Crippen LogP contribution in [0.2, 0.25) is 0 Å². The molecule has 1 aromatic rings. The standard InChI is InChI=1S/C15H19NO4/c1-10(17)20-9-13(18)16-14(19)11-5-7-12(8-6-11)15(2,3)4/h5-8H,9H2,1-4H3,(H,16,18,19). The van der Waals surface area contributed by atoms with E-state index in [1.165, 1.54) is 6.92 Å². The maximum absolute atomic E-state index is 11.8. The Morgan fingerprint density at radius 1 is 1.10 bits per heavy atom. The van der Waals surface area contributed by atoms with Crippen molar-refractivity contribution in [2.24, 2.45) is 0 Å². The van der Waals surface area contributed by atoms with Crippen molar-refractivity contribution in [2.75, 3.05) is 6.61 Å². The molecule has 5 nitrogen and oxygen atoms in total. The van der Waals surface area contributed by atoms with E-state index in [2.05, 4.69) is 30.8 Å². The topological polar surface area (TPSA) is 72.5 Å². The van der Waals surface area contributed by atoms with Crippen LogP contribution < -0.4 is 5.32 Å². The van der Waals surface area contributed by atoms with Gasteiger partial charge in [0.05, 0.1) is 0 Å². The van der Waals surface area contributed by atoms with E-state index >= 15 is 0 Å². The first kappa shape index (κ1) is 15.9. The molecule has 5 heteroatoms. The molecule has 0 fully saturated rings. The smallest absolute Gasteiger partial charge is 0.303 e. The summed E-state index contributed by atoms with van der Waals surface area (Å²) in [5.41, 5.74) is 1.48. The third kappa shape index (κ3) is 4.84. The highest BCUT2D eigenvalue weighted by Gasteiger charge is 2.15. The maximum Gasteiger partial charge on any atom is 0.303 e. The van der Waals surface area contributed by atoms with Gasteiger partial charge < -0.3 is 4.74 Å². The first-order chi connectivity index (χ1) is 9.20. The molecule has 1 rings (SSSR count). The number of rotatable bonds is 3. The summed E-state index contributed by atoms with van der Waals surface area (Å²) in [7, 11) is 0. The highest BCUT2D eigenvalue weighted by atomic mass is 16.5. The third-order valence-corrected chi connectivity index (χ3v) is 2.67. The summed E-state index contributed by atoms with van der Waals surface area (Å²) in [6.07, 6.45) is 0.